The third kappa shape index (κ3) is 3.02. The van der Waals surface area contributed by atoms with E-state index >= 15 is 4.39 Å². The Morgan fingerprint density at radius 1 is 1.24 bits per heavy atom. The van der Waals surface area contributed by atoms with E-state index in [4.69, 9.17) is 9.47 Å². The predicted molar refractivity (Wildman–Crippen MR) is 116 cm³/mol. The van der Waals surface area contributed by atoms with Crippen molar-refractivity contribution in [2.75, 3.05) is 13.2 Å². The van der Waals surface area contributed by atoms with Crippen LogP contribution in [0.15, 0.2) is 23.8 Å². The highest BCUT2D eigenvalue weighted by Crippen LogP contribution is 2.70. The molecule has 0 heterocycles. The van der Waals surface area contributed by atoms with Crippen LogP contribution >= 0.6 is 0 Å². The lowest BCUT2D eigenvalue weighted by atomic mass is 9.44. The molecule has 0 aliphatic heterocycles. The van der Waals surface area contributed by atoms with E-state index in [9.17, 15) is 24.6 Å². The van der Waals surface area contributed by atoms with Crippen LogP contribution in [0.2, 0.25) is 0 Å². The number of aliphatic hydroxyl groups is 2. The molecule has 8 heteroatoms. The maximum atomic E-state index is 17.1. The second-order valence-electron chi connectivity index (χ2n) is 10.6. The lowest BCUT2D eigenvalue weighted by molar-refractivity contribution is -0.219. The van der Waals surface area contributed by atoms with E-state index < -0.39 is 58.6 Å². The summed E-state index contributed by atoms with van der Waals surface area (Å²) in [6.07, 6.45) is 3.16. The van der Waals surface area contributed by atoms with E-state index in [0.717, 1.165) is 0 Å². The van der Waals surface area contributed by atoms with Crippen molar-refractivity contribution in [3.63, 3.8) is 0 Å². The summed E-state index contributed by atoms with van der Waals surface area (Å²) in [5.41, 5.74) is -5.48. The number of Topliss-reactive ketones (excluding diaryl/α,β-unsaturated/α-hetero) is 1. The summed E-state index contributed by atoms with van der Waals surface area (Å²) in [6, 6.07) is 0. The summed E-state index contributed by atoms with van der Waals surface area (Å²) >= 11 is 0. The molecule has 0 aromatic rings. The Morgan fingerprint density at radius 3 is 2.61 bits per heavy atom. The zero-order valence-electron chi connectivity index (χ0n) is 19.6. The number of carbonyl (C=O) groups excluding carboxylic acids is 3. The number of aliphatic hydroxyl groups excluding tert-OH is 1. The number of ketones is 2. The van der Waals surface area contributed by atoms with Crippen LogP contribution in [0.25, 0.3) is 0 Å². The summed E-state index contributed by atoms with van der Waals surface area (Å²) in [4.78, 5) is 36.7. The van der Waals surface area contributed by atoms with Gasteiger partial charge in [0.25, 0.3) is 0 Å². The fourth-order valence-corrected chi connectivity index (χ4v) is 7.53. The first-order valence-corrected chi connectivity index (χ1v) is 11.7. The third-order valence-corrected chi connectivity index (χ3v) is 9.23. The number of halogens is 1. The molecule has 0 amide bonds. The van der Waals surface area contributed by atoms with Crippen LogP contribution in [0, 0.1) is 28.6 Å². The molecule has 0 aromatic heterocycles. The van der Waals surface area contributed by atoms with Crippen molar-refractivity contribution in [2.24, 2.45) is 28.6 Å². The highest BCUT2D eigenvalue weighted by atomic mass is 19.1. The smallest absolute Gasteiger partial charge is 0.435 e. The maximum Gasteiger partial charge on any atom is 0.508 e. The minimum Gasteiger partial charge on any atom is -0.435 e. The number of allylic oxidation sites excluding steroid dienone is 4. The van der Waals surface area contributed by atoms with E-state index in [-0.39, 0.29) is 24.7 Å². The molecule has 4 rings (SSSR count). The van der Waals surface area contributed by atoms with Crippen LogP contribution in [-0.4, -0.2) is 58.5 Å². The SMILES string of the molecule is CCOC(=O)OCC(=O)C1(O)C(C)CC2C3CCC4=CC(=O)C=CC4(C)C3(F)C(O)CC21C. The highest BCUT2D eigenvalue weighted by molar-refractivity contribution is 6.01. The van der Waals surface area contributed by atoms with Crippen LogP contribution < -0.4 is 0 Å². The van der Waals surface area contributed by atoms with Gasteiger partial charge in [0.2, 0.25) is 5.78 Å². The Hall–Kier alpha value is -2.06. The fraction of sp³-hybridized carbons (Fsp3) is 0.720. The Labute approximate surface area is 193 Å². The quantitative estimate of drug-likeness (QED) is 0.615. The number of carbonyl (C=O) groups is 3. The number of alkyl halides is 1. The van der Waals surface area contributed by atoms with Gasteiger partial charge in [-0.05, 0) is 63.5 Å². The van der Waals surface area contributed by atoms with Gasteiger partial charge in [-0.2, -0.15) is 0 Å². The molecular weight excluding hydrogens is 431 g/mol. The third-order valence-electron chi connectivity index (χ3n) is 9.23. The summed E-state index contributed by atoms with van der Waals surface area (Å²) in [7, 11) is 0. The predicted octanol–water partition coefficient (Wildman–Crippen LogP) is 3.08. The van der Waals surface area contributed by atoms with Gasteiger partial charge in [0.1, 0.15) is 5.60 Å². The lowest BCUT2D eigenvalue weighted by Gasteiger charge is -2.62. The Kier molecular flexibility index (Phi) is 5.64. The first kappa shape index (κ1) is 24.1. The molecule has 4 aliphatic carbocycles. The summed E-state index contributed by atoms with van der Waals surface area (Å²) in [6.45, 7) is 6.25. The van der Waals surface area contributed by atoms with Crippen LogP contribution in [0.1, 0.15) is 53.4 Å². The van der Waals surface area contributed by atoms with E-state index in [2.05, 4.69) is 0 Å². The molecule has 0 bridgehead atoms. The molecule has 2 N–H and O–H groups in total. The highest BCUT2D eigenvalue weighted by Gasteiger charge is 2.75. The van der Waals surface area contributed by atoms with Crippen LogP contribution in [0.4, 0.5) is 9.18 Å². The van der Waals surface area contributed by atoms with Gasteiger partial charge >= 0.3 is 6.16 Å². The molecule has 3 saturated carbocycles. The van der Waals surface area contributed by atoms with Crippen molar-refractivity contribution in [1.29, 1.82) is 0 Å². The summed E-state index contributed by atoms with van der Waals surface area (Å²) < 4.78 is 26.7. The minimum atomic E-state index is -2.03. The standard InChI is InChI=1S/C25H33FO7/c1-5-32-21(30)33-13-20(29)25(31)14(2)10-18-17-7-6-15-11-16(27)8-9-22(15,3)24(17,26)19(28)12-23(18,25)4/h8-9,11,14,17-19,28,31H,5-7,10,12-13H2,1-4H3. The normalized spacial score (nSPS) is 46.0. The molecule has 0 spiro atoms. The van der Waals surface area contributed by atoms with Crippen molar-refractivity contribution in [2.45, 2.75) is 70.8 Å². The van der Waals surface area contributed by atoms with E-state index in [1.807, 2.05) is 0 Å². The van der Waals surface area contributed by atoms with Gasteiger partial charge in [-0.25, -0.2) is 9.18 Å². The Balaban J connectivity index is 1.69. The average Bonchev–Trinajstić information content (AvgIpc) is 2.95. The van der Waals surface area contributed by atoms with Crippen molar-refractivity contribution in [3.05, 3.63) is 23.8 Å². The van der Waals surface area contributed by atoms with Gasteiger partial charge in [-0.1, -0.05) is 25.5 Å². The van der Waals surface area contributed by atoms with Gasteiger partial charge in [-0.3, -0.25) is 9.59 Å². The first-order valence-electron chi connectivity index (χ1n) is 11.7. The maximum absolute atomic E-state index is 17.1. The zero-order valence-corrected chi connectivity index (χ0v) is 19.6. The molecule has 7 nitrogen and oxygen atoms in total. The molecule has 182 valence electrons. The average molecular weight is 465 g/mol. The van der Waals surface area contributed by atoms with E-state index in [1.165, 1.54) is 12.2 Å². The minimum absolute atomic E-state index is 0.0924. The number of fused-ring (bicyclic) bond motifs is 5. The zero-order chi connectivity index (χ0) is 24.4. The van der Waals surface area contributed by atoms with Gasteiger partial charge in [-0.15, -0.1) is 0 Å². The molecule has 0 aromatic carbocycles. The second-order valence-corrected chi connectivity index (χ2v) is 10.6. The first-order chi connectivity index (χ1) is 15.4. The number of hydrogen-bond acceptors (Lipinski definition) is 7. The largest absolute Gasteiger partial charge is 0.508 e. The van der Waals surface area contributed by atoms with Crippen molar-refractivity contribution in [3.8, 4) is 0 Å². The molecule has 3 fully saturated rings. The van der Waals surface area contributed by atoms with Crippen molar-refractivity contribution < 1.29 is 38.5 Å². The number of ether oxygens (including phenoxy) is 2. The second kappa shape index (κ2) is 7.73. The fourth-order valence-electron chi connectivity index (χ4n) is 7.53. The summed E-state index contributed by atoms with van der Waals surface area (Å²) in [5.74, 6) is -2.36. The van der Waals surface area contributed by atoms with Gasteiger partial charge in [0.05, 0.1) is 12.7 Å². The van der Waals surface area contributed by atoms with Crippen LogP contribution in [-0.2, 0) is 19.1 Å². The summed E-state index contributed by atoms with van der Waals surface area (Å²) in [5, 5.41) is 23.0. The monoisotopic (exact) mass is 464 g/mol. The van der Waals surface area contributed by atoms with E-state index in [1.54, 1.807) is 33.8 Å². The topological polar surface area (TPSA) is 110 Å². The lowest BCUT2D eigenvalue weighted by Crippen LogP contribution is -2.69. The molecule has 8 unspecified atom stereocenters. The molecule has 0 radical (unpaired) electrons. The van der Waals surface area contributed by atoms with Crippen LogP contribution in [0.5, 0.6) is 0 Å². The molecule has 4 aliphatic rings. The number of rotatable bonds is 4. The van der Waals surface area contributed by atoms with Gasteiger partial charge < -0.3 is 19.7 Å². The Morgan fingerprint density at radius 2 is 1.94 bits per heavy atom. The van der Waals surface area contributed by atoms with Crippen molar-refractivity contribution in [1.82, 2.24) is 0 Å². The van der Waals surface area contributed by atoms with Crippen molar-refractivity contribution >= 4 is 17.7 Å². The Bertz CT molecular complexity index is 943. The van der Waals surface area contributed by atoms with Crippen LogP contribution in [0.3, 0.4) is 0 Å². The number of hydrogen-bond donors (Lipinski definition) is 2. The van der Waals surface area contributed by atoms with Gasteiger partial charge in [0, 0.05) is 16.7 Å². The van der Waals surface area contributed by atoms with E-state index in [0.29, 0.717) is 24.8 Å². The molecule has 8 atom stereocenters. The molecule has 0 saturated heterocycles. The molecular formula is C25H33FO7. The van der Waals surface area contributed by atoms with Gasteiger partial charge in [0.15, 0.2) is 18.1 Å². The molecule has 33 heavy (non-hydrogen) atoms.